The first kappa shape index (κ1) is 11.2. The first-order chi connectivity index (χ1) is 7.79. The lowest BCUT2D eigenvalue weighted by Crippen LogP contribution is -2.10. The van der Waals surface area contributed by atoms with Crippen LogP contribution in [0.25, 0.3) is 11.5 Å². The van der Waals surface area contributed by atoms with E-state index in [-0.39, 0.29) is 0 Å². The first-order valence-electron chi connectivity index (χ1n) is 5.14. The topological polar surface area (TPSA) is 38.1 Å². The van der Waals surface area contributed by atoms with Gasteiger partial charge in [-0.3, -0.25) is 0 Å². The third-order valence-electron chi connectivity index (χ3n) is 2.27. The van der Waals surface area contributed by atoms with E-state index in [2.05, 4.69) is 10.3 Å². The number of oxazole rings is 1. The third-order valence-corrected chi connectivity index (χ3v) is 2.53. The van der Waals surface area contributed by atoms with Gasteiger partial charge in [-0.25, -0.2) is 4.98 Å². The van der Waals surface area contributed by atoms with Crippen molar-refractivity contribution in [3.8, 4) is 11.5 Å². The number of benzene rings is 1. The standard InChI is InChI=1S/C12H13ClN2O/c1-14-7-6-11-8-16-12(15-11)9-2-4-10(13)5-3-9/h2-5,8,14H,6-7H2,1H3. The highest BCUT2D eigenvalue weighted by Gasteiger charge is 2.05. The number of nitrogens with zero attached hydrogens (tertiary/aromatic N) is 1. The van der Waals surface area contributed by atoms with Crippen LogP contribution in [0.15, 0.2) is 34.9 Å². The summed E-state index contributed by atoms with van der Waals surface area (Å²) in [6.07, 6.45) is 2.56. The van der Waals surface area contributed by atoms with Gasteiger partial charge >= 0.3 is 0 Å². The fourth-order valence-corrected chi connectivity index (χ4v) is 1.53. The van der Waals surface area contributed by atoms with Crippen LogP contribution in [0.5, 0.6) is 0 Å². The Balaban J connectivity index is 2.15. The minimum absolute atomic E-state index is 0.641. The summed E-state index contributed by atoms with van der Waals surface area (Å²) in [4.78, 5) is 4.40. The maximum atomic E-state index is 5.81. The predicted molar refractivity (Wildman–Crippen MR) is 64.6 cm³/mol. The van der Waals surface area contributed by atoms with Crippen LogP contribution in [0.2, 0.25) is 5.02 Å². The zero-order chi connectivity index (χ0) is 11.4. The second kappa shape index (κ2) is 5.14. The van der Waals surface area contributed by atoms with Crippen molar-refractivity contribution >= 4 is 11.6 Å². The van der Waals surface area contributed by atoms with Gasteiger partial charge in [0.2, 0.25) is 5.89 Å². The minimum atomic E-state index is 0.641. The number of nitrogens with one attached hydrogen (secondary N) is 1. The molecule has 1 aromatic heterocycles. The van der Waals surface area contributed by atoms with Crippen LogP contribution in [0, 0.1) is 0 Å². The molecule has 4 heteroatoms. The Morgan fingerprint density at radius 1 is 1.31 bits per heavy atom. The van der Waals surface area contributed by atoms with Crippen molar-refractivity contribution < 1.29 is 4.42 Å². The van der Waals surface area contributed by atoms with E-state index in [4.69, 9.17) is 16.0 Å². The third kappa shape index (κ3) is 2.62. The average Bonchev–Trinajstić information content (AvgIpc) is 2.76. The van der Waals surface area contributed by atoms with Gasteiger partial charge in [-0.15, -0.1) is 0 Å². The van der Waals surface area contributed by atoms with E-state index < -0.39 is 0 Å². The van der Waals surface area contributed by atoms with E-state index >= 15 is 0 Å². The van der Waals surface area contributed by atoms with Crippen LogP contribution in [0.1, 0.15) is 5.69 Å². The van der Waals surface area contributed by atoms with E-state index in [0.29, 0.717) is 10.9 Å². The highest BCUT2D eigenvalue weighted by atomic mass is 35.5. The largest absolute Gasteiger partial charge is 0.444 e. The van der Waals surface area contributed by atoms with Gasteiger partial charge < -0.3 is 9.73 Å². The number of hydrogen-bond acceptors (Lipinski definition) is 3. The first-order valence-corrected chi connectivity index (χ1v) is 5.52. The molecule has 2 rings (SSSR count). The van der Waals surface area contributed by atoms with Gasteiger partial charge in [0.15, 0.2) is 0 Å². The lowest BCUT2D eigenvalue weighted by Gasteiger charge is -1.95. The van der Waals surface area contributed by atoms with Crippen molar-refractivity contribution in [2.45, 2.75) is 6.42 Å². The molecule has 0 saturated carbocycles. The SMILES string of the molecule is CNCCc1coc(-c2ccc(Cl)cc2)n1. The summed E-state index contributed by atoms with van der Waals surface area (Å²) < 4.78 is 5.41. The van der Waals surface area contributed by atoms with Crippen LogP contribution < -0.4 is 5.32 Å². The van der Waals surface area contributed by atoms with Crippen molar-refractivity contribution in [1.82, 2.24) is 10.3 Å². The number of halogens is 1. The number of rotatable bonds is 4. The molecular formula is C12H13ClN2O. The van der Waals surface area contributed by atoms with E-state index in [1.807, 2.05) is 31.3 Å². The number of aromatic nitrogens is 1. The molecule has 0 aliphatic carbocycles. The maximum absolute atomic E-state index is 5.81. The highest BCUT2D eigenvalue weighted by molar-refractivity contribution is 6.30. The van der Waals surface area contributed by atoms with E-state index in [1.165, 1.54) is 0 Å². The summed E-state index contributed by atoms with van der Waals surface area (Å²) in [6, 6.07) is 7.45. The fraction of sp³-hybridized carbons (Fsp3) is 0.250. The molecule has 16 heavy (non-hydrogen) atoms. The summed E-state index contributed by atoms with van der Waals surface area (Å²) in [5, 5.41) is 3.79. The molecular weight excluding hydrogens is 224 g/mol. The zero-order valence-electron chi connectivity index (χ0n) is 9.03. The van der Waals surface area contributed by atoms with Gasteiger partial charge in [-0.1, -0.05) is 11.6 Å². The lowest BCUT2D eigenvalue weighted by atomic mass is 10.2. The van der Waals surface area contributed by atoms with Gasteiger partial charge in [0.25, 0.3) is 0 Å². The number of hydrogen-bond donors (Lipinski definition) is 1. The Morgan fingerprint density at radius 3 is 2.75 bits per heavy atom. The molecule has 0 aliphatic rings. The van der Waals surface area contributed by atoms with Gasteiger partial charge in [0, 0.05) is 23.6 Å². The van der Waals surface area contributed by atoms with Gasteiger partial charge in [-0.2, -0.15) is 0 Å². The monoisotopic (exact) mass is 236 g/mol. The summed E-state index contributed by atoms with van der Waals surface area (Å²) in [7, 11) is 1.92. The summed E-state index contributed by atoms with van der Waals surface area (Å²) in [5.41, 5.74) is 1.90. The predicted octanol–water partition coefficient (Wildman–Crippen LogP) is 2.76. The van der Waals surface area contributed by atoms with E-state index in [9.17, 15) is 0 Å². The van der Waals surface area contributed by atoms with Crippen LogP contribution in [-0.4, -0.2) is 18.6 Å². The molecule has 0 fully saturated rings. The highest BCUT2D eigenvalue weighted by Crippen LogP contribution is 2.20. The summed E-state index contributed by atoms with van der Waals surface area (Å²) in [5.74, 6) is 0.641. The van der Waals surface area contributed by atoms with Gasteiger partial charge in [-0.05, 0) is 31.3 Å². The normalized spacial score (nSPS) is 10.6. The maximum Gasteiger partial charge on any atom is 0.226 e. The molecule has 0 amide bonds. The molecule has 3 nitrogen and oxygen atoms in total. The molecule has 1 heterocycles. The van der Waals surface area contributed by atoms with Crippen molar-refractivity contribution in [1.29, 1.82) is 0 Å². The Morgan fingerprint density at radius 2 is 2.06 bits per heavy atom. The Bertz CT molecular complexity index is 450. The van der Waals surface area contributed by atoms with Crippen molar-refractivity contribution in [2.75, 3.05) is 13.6 Å². The smallest absolute Gasteiger partial charge is 0.226 e. The molecule has 1 aromatic carbocycles. The molecule has 1 N–H and O–H groups in total. The second-order valence-electron chi connectivity index (χ2n) is 3.50. The quantitative estimate of drug-likeness (QED) is 0.887. The molecule has 0 unspecified atom stereocenters. The molecule has 84 valence electrons. The molecule has 0 bridgehead atoms. The molecule has 0 radical (unpaired) electrons. The Hall–Kier alpha value is -1.32. The van der Waals surface area contributed by atoms with Crippen LogP contribution >= 0.6 is 11.6 Å². The Labute approximate surface area is 99.5 Å². The second-order valence-corrected chi connectivity index (χ2v) is 3.94. The average molecular weight is 237 g/mol. The summed E-state index contributed by atoms with van der Waals surface area (Å²) >= 11 is 5.81. The minimum Gasteiger partial charge on any atom is -0.444 e. The summed E-state index contributed by atoms with van der Waals surface area (Å²) in [6.45, 7) is 0.895. The molecule has 0 spiro atoms. The zero-order valence-corrected chi connectivity index (χ0v) is 9.79. The van der Waals surface area contributed by atoms with Crippen LogP contribution in [0.3, 0.4) is 0 Å². The van der Waals surface area contributed by atoms with Gasteiger partial charge in [0.05, 0.1) is 5.69 Å². The van der Waals surface area contributed by atoms with Crippen LogP contribution in [-0.2, 0) is 6.42 Å². The van der Waals surface area contributed by atoms with Gasteiger partial charge in [0.1, 0.15) is 6.26 Å². The van der Waals surface area contributed by atoms with E-state index in [0.717, 1.165) is 24.2 Å². The molecule has 2 aromatic rings. The van der Waals surface area contributed by atoms with Crippen molar-refractivity contribution in [3.63, 3.8) is 0 Å². The number of likely N-dealkylation sites (N-methyl/N-ethyl adjacent to an activating group) is 1. The van der Waals surface area contributed by atoms with Crippen LogP contribution in [0.4, 0.5) is 0 Å². The molecule has 0 saturated heterocycles. The Kier molecular flexibility index (Phi) is 3.59. The lowest BCUT2D eigenvalue weighted by molar-refractivity contribution is 0.572. The molecule has 0 aliphatic heterocycles. The molecule has 0 atom stereocenters. The van der Waals surface area contributed by atoms with E-state index in [1.54, 1.807) is 6.26 Å². The van der Waals surface area contributed by atoms with Crippen molar-refractivity contribution in [3.05, 3.63) is 41.2 Å². The van der Waals surface area contributed by atoms with Crippen molar-refractivity contribution in [2.24, 2.45) is 0 Å². The fourth-order valence-electron chi connectivity index (χ4n) is 1.40.